The number of amides is 3. The molecule has 2 aliphatic heterocycles. The van der Waals surface area contributed by atoms with Crippen LogP contribution in [0.3, 0.4) is 0 Å². The predicted molar refractivity (Wildman–Crippen MR) is 125 cm³/mol. The third-order valence-electron chi connectivity index (χ3n) is 6.26. The van der Waals surface area contributed by atoms with E-state index in [1.54, 1.807) is 0 Å². The zero-order chi connectivity index (χ0) is 27.7. The lowest BCUT2D eigenvalue weighted by molar-refractivity contribution is -0.137. The first kappa shape index (κ1) is 25.5. The summed E-state index contributed by atoms with van der Waals surface area (Å²) in [5.74, 6) is -5.18. The van der Waals surface area contributed by atoms with Crippen molar-refractivity contribution in [2.45, 2.75) is 25.2 Å². The summed E-state index contributed by atoms with van der Waals surface area (Å²) in [7, 11) is 0. The van der Waals surface area contributed by atoms with Crippen LogP contribution in [-0.4, -0.2) is 23.8 Å². The van der Waals surface area contributed by atoms with Gasteiger partial charge in [-0.15, -0.1) is 0 Å². The Kier molecular flexibility index (Phi) is 5.82. The van der Waals surface area contributed by atoms with Crippen LogP contribution in [0, 0.1) is 11.6 Å². The van der Waals surface area contributed by atoms with Gasteiger partial charge in [0.1, 0.15) is 17.4 Å². The van der Waals surface area contributed by atoms with Crippen molar-refractivity contribution in [3.63, 3.8) is 0 Å². The topological polar surface area (TPSA) is 111 Å². The molecule has 13 heteroatoms. The van der Waals surface area contributed by atoms with E-state index < -0.39 is 64.4 Å². The maximum absolute atomic E-state index is 14.3. The van der Waals surface area contributed by atoms with Crippen LogP contribution in [0.4, 0.5) is 27.6 Å². The van der Waals surface area contributed by atoms with Crippen molar-refractivity contribution in [3.05, 3.63) is 80.9 Å². The van der Waals surface area contributed by atoms with Crippen molar-refractivity contribution in [2.75, 3.05) is 5.32 Å². The molecule has 0 bridgehead atoms. The highest BCUT2D eigenvalue weighted by molar-refractivity contribution is 6.31. The molecule has 7 nitrogen and oxygen atoms in total. The lowest BCUT2D eigenvalue weighted by Crippen LogP contribution is -2.35. The summed E-state index contributed by atoms with van der Waals surface area (Å²) in [4.78, 5) is 37.8. The van der Waals surface area contributed by atoms with E-state index in [0.717, 1.165) is 18.2 Å². The van der Waals surface area contributed by atoms with Gasteiger partial charge in [-0.2, -0.15) is 13.2 Å². The van der Waals surface area contributed by atoms with Crippen LogP contribution in [0.2, 0.25) is 5.02 Å². The van der Waals surface area contributed by atoms with Crippen molar-refractivity contribution >= 4 is 35.0 Å². The second-order valence-electron chi connectivity index (χ2n) is 8.65. The first-order valence-corrected chi connectivity index (χ1v) is 11.3. The minimum atomic E-state index is -5.17. The molecule has 0 aliphatic carbocycles. The quantitative estimate of drug-likeness (QED) is 0.400. The molecule has 0 saturated heterocycles. The number of hydrogen-bond acceptors (Lipinski definition) is 4. The van der Waals surface area contributed by atoms with Crippen molar-refractivity contribution in [3.8, 4) is 16.9 Å². The van der Waals surface area contributed by atoms with Gasteiger partial charge in [-0.3, -0.25) is 14.4 Å². The Labute approximate surface area is 215 Å². The molecule has 0 fully saturated rings. The zero-order valence-electron chi connectivity index (χ0n) is 19.1. The Morgan fingerprint density at radius 2 is 1.76 bits per heavy atom. The molecule has 3 aromatic rings. The summed E-state index contributed by atoms with van der Waals surface area (Å²) < 4.78 is 76.7. The van der Waals surface area contributed by atoms with Crippen LogP contribution < -0.4 is 21.1 Å². The number of hydrogen-bond donors (Lipinski definition) is 3. The minimum Gasteiger partial charge on any atom is -0.479 e. The average Bonchev–Trinajstić information content (AvgIpc) is 3.17. The largest absolute Gasteiger partial charge is 0.479 e. The van der Waals surface area contributed by atoms with Crippen molar-refractivity contribution in [1.82, 2.24) is 5.32 Å². The van der Waals surface area contributed by atoms with Gasteiger partial charge in [0.05, 0.1) is 28.4 Å². The van der Waals surface area contributed by atoms with Gasteiger partial charge in [-0.25, -0.2) is 8.78 Å². The van der Waals surface area contributed by atoms with Gasteiger partial charge in [-0.1, -0.05) is 11.6 Å². The number of rotatable bonds is 3. The molecule has 0 spiro atoms. The number of carbonyl (C=O) groups is 3. The summed E-state index contributed by atoms with van der Waals surface area (Å²) in [5.41, 5.74) is 1.14. The maximum atomic E-state index is 14.3. The van der Waals surface area contributed by atoms with E-state index in [0.29, 0.717) is 6.07 Å². The minimum absolute atomic E-state index is 0.0207. The first-order chi connectivity index (χ1) is 17.8. The van der Waals surface area contributed by atoms with E-state index in [9.17, 15) is 36.3 Å². The first-order valence-electron chi connectivity index (χ1n) is 10.9. The molecule has 2 heterocycles. The molecule has 2 unspecified atom stereocenters. The molecule has 3 amide bonds. The van der Waals surface area contributed by atoms with Crippen LogP contribution in [-0.2, 0) is 11.0 Å². The fourth-order valence-corrected chi connectivity index (χ4v) is 4.89. The molecule has 0 aromatic heterocycles. The van der Waals surface area contributed by atoms with E-state index in [4.69, 9.17) is 22.1 Å². The second-order valence-corrected chi connectivity index (χ2v) is 9.05. The third kappa shape index (κ3) is 4.01. The van der Waals surface area contributed by atoms with Gasteiger partial charge < -0.3 is 21.1 Å². The lowest BCUT2D eigenvalue weighted by Gasteiger charge is -2.28. The molecule has 3 aromatic carbocycles. The van der Waals surface area contributed by atoms with Crippen molar-refractivity contribution in [2.24, 2.45) is 5.73 Å². The molecule has 5 rings (SSSR count). The molecule has 0 saturated carbocycles. The number of nitrogens with one attached hydrogen (secondary N) is 2. The summed E-state index contributed by atoms with van der Waals surface area (Å²) >= 11 is 6.26. The normalized spacial score (nSPS) is 18.3. The Morgan fingerprint density at radius 3 is 2.42 bits per heavy atom. The predicted octanol–water partition coefficient (Wildman–Crippen LogP) is 4.96. The lowest BCUT2D eigenvalue weighted by atomic mass is 9.84. The highest BCUT2D eigenvalue weighted by Gasteiger charge is 2.43. The zero-order valence-corrected chi connectivity index (χ0v) is 19.9. The van der Waals surface area contributed by atoms with Gasteiger partial charge in [0.25, 0.3) is 11.8 Å². The summed E-state index contributed by atoms with van der Waals surface area (Å²) in [6, 6.07) is 3.69. The number of anilines is 1. The van der Waals surface area contributed by atoms with Gasteiger partial charge in [0.2, 0.25) is 5.91 Å². The van der Waals surface area contributed by atoms with Gasteiger partial charge in [0.15, 0.2) is 6.10 Å². The van der Waals surface area contributed by atoms with Gasteiger partial charge >= 0.3 is 6.18 Å². The molecule has 38 heavy (non-hydrogen) atoms. The van der Waals surface area contributed by atoms with Crippen LogP contribution in [0.15, 0.2) is 36.4 Å². The summed E-state index contributed by atoms with van der Waals surface area (Å²) in [6.45, 7) is 1.37. The standard InChI is InChI=1S/C25H15ClF5N3O4/c1-8-23(36)34-21-16(38-8)7-12(17-13(22(32)35)5-10(28)6-14(17)25(29,30)31)18-19(21)24(37)33-20(18)11-4-9(27)2-3-15(11)26/h2-8,20H,1H3,(H2,32,35)(H,33,37)(H,34,36). The Balaban J connectivity index is 1.94. The fraction of sp³-hybridized carbons (Fsp3) is 0.160. The fourth-order valence-electron chi connectivity index (χ4n) is 4.66. The summed E-state index contributed by atoms with van der Waals surface area (Å²) in [6.07, 6.45) is -6.26. The van der Waals surface area contributed by atoms with Crippen molar-refractivity contribution < 1.29 is 41.1 Å². The van der Waals surface area contributed by atoms with E-state index in [1.165, 1.54) is 13.0 Å². The number of benzene rings is 3. The Bertz CT molecular complexity index is 1570. The molecular weight excluding hydrogens is 537 g/mol. The van der Waals surface area contributed by atoms with E-state index >= 15 is 0 Å². The number of ether oxygens (including phenoxy) is 1. The van der Waals surface area contributed by atoms with E-state index in [2.05, 4.69) is 10.6 Å². The molecule has 2 atom stereocenters. The number of nitrogens with two attached hydrogens (primary N) is 1. The van der Waals surface area contributed by atoms with Gasteiger partial charge in [-0.05, 0) is 48.9 Å². The SMILES string of the molecule is CC1Oc2cc(-c3c(C(N)=O)cc(F)cc3C(F)(F)F)c3c(c2NC1=O)C(=O)NC3c1cc(F)ccc1Cl. The number of carbonyl (C=O) groups excluding carboxylic acids is 3. The highest BCUT2D eigenvalue weighted by Crippen LogP contribution is 2.51. The van der Waals surface area contributed by atoms with Crippen LogP contribution >= 0.6 is 11.6 Å². The van der Waals surface area contributed by atoms with E-state index in [1.807, 2.05) is 0 Å². The molecule has 196 valence electrons. The third-order valence-corrected chi connectivity index (χ3v) is 6.60. The monoisotopic (exact) mass is 551 g/mol. The second kappa shape index (κ2) is 8.69. The molecule has 4 N–H and O–H groups in total. The average molecular weight is 552 g/mol. The smallest absolute Gasteiger partial charge is 0.417 e. The van der Waals surface area contributed by atoms with E-state index in [-0.39, 0.29) is 44.8 Å². The Morgan fingerprint density at radius 1 is 1.05 bits per heavy atom. The highest BCUT2D eigenvalue weighted by atomic mass is 35.5. The molecular formula is C25H15ClF5N3O4. The number of primary amides is 1. The number of halogens is 6. The van der Waals surface area contributed by atoms with Crippen LogP contribution in [0.5, 0.6) is 5.75 Å². The number of fused-ring (bicyclic) bond motifs is 3. The Hall–Kier alpha value is -4.19. The number of alkyl halides is 3. The maximum Gasteiger partial charge on any atom is 0.417 e. The summed E-state index contributed by atoms with van der Waals surface area (Å²) in [5, 5.41) is 5.01. The van der Waals surface area contributed by atoms with Gasteiger partial charge in [0, 0.05) is 21.7 Å². The van der Waals surface area contributed by atoms with Crippen LogP contribution in [0.25, 0.3) is 11.1 Å². The van der Waals surface area contributed by atoms with Crippen LogP contribution in [0.1, 0.15) is 50.4 Å². The molecule has 0 radical (unpaired) electrons. The van der Waals surface area contributed by atoms with Crippen molar-refractivity contribution in [1.29, 1.82) is 0 Å². The molecule has 2 aliphatic rings.